The number of carbonyl (C=O) groups excluding carboxylic acids is 2. The van der Waals surface area contributed by atoms with E-state index in [1.165, 1.54) is 0 Å². The minimum absolute atomic E-state index is 0.0430. The van der Waals surface area contributed by atoms with E-state index in [2.05, 4.69) is 26.8 Å². The molecule has 0 saturated carbocycles. The summed E-state index contributed by atoms with van der Waals surface area (Å²) in [5.41, 5.74) is 4.66. The largest absolute Gasteiger partial charge is 0.494 e. The van der Waals surface area contributed by atoms with Gasteiger partial charge >= 0.3 is 0 Å². The lowest BCUT2D eigenvalue weighted by Crippen LogP contribution is -2.42. The number of hydrogen-bond donors (Lipinski definition) is 2. The third-order valence-electron chi connectivity index (χ3n) is 3.76. The molecule has 0 aromatic heterocycles. The summed E-state index contributed by atoms with van der Waals surface area (Å²) in [6, 6.07) is 7.42. The van der Waals surface area contributed by atoms with Gasteiger partial charge in [0.05, 0.1) is 18.1 Å². The number of ether oxygens (including phenoxy) is 1. The molecule has 0 aliphatic carbocycles. The predicted octanol–water partition coefficient (Wildman–Crippen LogP) is 1.58. The molecule has 0 bridgehead atoms. The maximum atomic E-state index is 11.7. The molecule has 1 saturated heterocycles. The Morgan fingerprint density at radius 2 is 2.00 bits per heavy atom. The Labute approximate surface area is 155 Å². The molecular weight excluding hydrogens is 412 g/mol. The van der Waals surface area contributed by atoms with Crippen LogP contribution in [0.1, 0.15) is 25.7 Å². The first kappa shape index (κ1) is 19.7. The van der Waals surface area contributed by atoms with E-state index in [1.54, 1.807) is 0 Å². The molecule has 7 nitrogen and oxygen atoms in total. The predicted molar refractivity (Wildman–Crippen MR) is 96.5 cm³/mol. The van der Waals surface area contributed by atoms with Crippen LogP contribution < -0.4 is 15.6 Å². The highest BCUT2D eigenvalue weighted by atomic mass is 79.9. The Morgan fingerprint density at radius 1 is 1.24 bits per heavy atom. The molecule has 0 spiro atoms. The van der Waals surface area contributed by atoms with Crippen molar-refractivity contribution < 1.29 is 22.7 Å². The van der Waals surface area contributed by atoms with Gasteiger partial charge in [-0.1, -0.05) is 22.0 Å². The van der Waals surface area contributed by atoms with Crippen molar-refractivity contribution in [3.8, 4) is 5.75 Å². The maximum Gasteiger partial charge on any atom is 0.238 e. The van der Waals surface area contributed by atoms with E-state index in [-0.39, 0.29) is 42.1 Å². The number of halogens is 1. The number of hydrogen-bond acceptors (Lipinski definition) is 5. The Hall–Kier alpha value is -1.61. The summed E-state index contributed by atoms with van der Waals surface area (Å²) in [4.78, 5) is 23.4. The molecule has 0 radical (unpaired) electrons. The van der Waals surface area contributed by atoms with Crippen molar-refractivity contribution in [2.75, 3.05) is 18.1 Å². The number of rotatable bonds is 7. The number of nitrogens with one attached hydrogen (secondary N) is 2. The zero-order valence-corrected chi connectivity index (χ0v) is 16.1. The van der Waals surface area contributed by atoms with Crippen LogP contribution in [0.5, 0.6) is 5.75 Å². The molecule has 1 unspecified atom stereocenters. The van der Waals surface area contributed by atoms with Crippen LogP contribution in [0.15, 0.2) is 28.7 Å². The normalized spacial score (nSPS) is 18.5. The van der Waals surface area contributed by atoms with Crippen LogP contribution in [0.4, 0.5) is 0 Å². The highest BCUT2D eigenvalue weighted by Gasteiger charge is 2.29. The minimum Gasteiger partial charge on any atom is -0.494 e. The SMILES string of the molecule is O=C(CCCOc1cccc(Br)c1)NNC(=O)CC1CCS(=O)(=O)C1. The van der Waals surface area contributed by atoms with E-state index in [4.69, 9.17) is 4.74 Å². The van der Waals surface area contributed by atoms with Gasteiger partial charge in [0.15, 0.2) is 9.84 Å². The van der Waals surface area contributed by atoms with Crippen LogP contribution in [0.25, 0.3) is 0 Å². The van der Waals surface area contributed by atoms with Gasteiger partial charge in [-0.2, -0.15) is 0 Å². The first-order valence-corrected chi connectivity index (χ1v) is 10.6. The summed E-state index contributed by atoms with van der Waals surface area (Å²) in [5, 5.41) is 0. The molecule has 1 aliphatic rings. The molecule has 2 N–H and O–H groups in total. The lowest BCUT2D eigenvalue weighted by molar-refractivity contribution is -0.129. The zero-order chi connectivity index (χ0) is 18.3. The van der Waals surface area contributed by atoms with Crippen molar-refractivity contribution in [1.29, 1.82) is 0 Å². The van der Waals surface area contributed by atoms with Crippen molar-refractivity contribution >= 4 is 37.6 Å². The van der Waals surface area contributed by atoms with E-state index in [1.807, 2.05) is 24.3 Å². The maximum absolute atomic E-state index is 11.7. The highest BCUT2D eigenvalue weighted by molar-refractivity contribution is 9.10. The van der Waals surface area contributed by atoms with E-state index in [0.29, 0.717) is 19.4 Å². The molecular formula is C16H21BrN2O5S. The first-order chi connectivity index (χ1) is 11.8. The van der Waals surface area contributed by atoms with E-state index in [9.17, 15) is 18.0 Å². The van der Waals surface area contributed by atoms with E-state index in [0.717, 1.165) is 10.2 Å². The van der Waals surface area contributed by atoms with Crippen molar-refractivity contribution in [3.63, 3.8) is 0 Å². The van der Waals surface area contributed by atoms with Crippen LogP contribution in [0.3, 0.4) is 0 Å². The Balaban J connectivity index is 1.57. The molecule has 2 amide bonds. The number of benzene rings is 1. The van der Waals surface area contributed by atoms with Gasteiger partial charge in [-0.15, -0.1) is 0 Å². The van der Waals surface area contributed by atoms with Gasteiger partial charge in [-0.3, -0.25) is 20.4 Å². The Morgan fingerprint density at radius 3 is 2.68 bits per heavy atom. The van der Waals surface area contributed by atoms with Crippen molar-refractivity contribution in [2.24, 2.45) is 5.92 Å². The van der Waals surface area contributed by atoms with Crippen molar-refractivity contribution in [2.45, 2.75) is 25.7 Å². The molecule has 1 atom stereocenters. The van der Waals surface area contributed by atoms with E-state index < -0.39 is 9.84 Å². The van der Waals surface area contributed by atoms with Crippen LogP contribution in [-0.4, -0.2) is 38.3 Å². The fourth-order valence-corrected chi connectivity index (χ4v) is 4.77. The third-order valence-corrected chi connectivity index (χ3v) is 6.09. The quantitative estimate of drug-likeness (QED) is 0.502. The highest BCUT2D eigenvalue weighted by Crippen LogP contribution is 2.21. The molecule has 2 rings (SSSR count). The monoisotopic (exact) mass is 432 g/mol. The smallest absolute Gasteiger partial charge is 0.238 e. The first-order valence-electron chi connectivity index (χ1n) is 8.00. The number of amides is 2. The topological polar surface area (TPSA) is 102 Å². The van der Waals surface area contributed by atoms with Crippen LogP contribution >= 0.6 is 15.9 Å². The summed E-state index contributed by atoms with van der Waals surface area (Å²) in [6.07, 6.45) is 1.32. The number of hydrazine groups is 1. The lowest BCUT2D eigenvalue weighted by Gasteiger charge is -2.10. The molecule has 1 heterocycles. The van der Waals surface area contributed by atoms with E-state index >= 15 is 0 Å². The van der Waals surface area contributed by atoms with Crippen LogP contribution in [0, 0.1) is 5.92 Å². The molecule has 138 valence electrons. The lowest BCUT2D eigenvalue weighted by atomic mass is 10.1. The summed E-state index contributed by atoms with van der Waals surface area (Å²) in [7, 11) is -3.00. The van der Waals surface area contributed by atoms with Crippen LogP contribution in [0.2, 0.25) is 0 Å². The van der Waals surface area contributed by atoms with Gasteiger partial charge in [0.1, 0.15) is 5.75 Å². The second kappa shape index (κ2) is 9.19. The molecule has 1 aromatic carbocycles. The van der Waals surface area contributed by atoms with Gasteiger partial charge in [-0.05, 0) is 37.0 Å². The third kappa shape index (κ3) is 7.43. The summed E-state index contributed by atoms with van der Waals surface area (Å²) in [5.74, 6) is 0.0394. The summed E-state index contributed by atoms with van der Waals surface area (Å²) in [6.45, 7) is 0.387. The molecule has 9 heteroatoms. The molecule has 1 aromatic rings. The zero-order valence-electron chi connectivity index (χ0n) is 13.7. The second-order valence-corrected chi connectivity index (χ2v) is 9.12. The fraction of sp³-hybridized carbons (Fsp3) is 0.500. The minimum atomic E-state index is -3.00. The Bertz CT molecular complexity index is 723. The van der Waals surface area contributed by atoms with Crippen LogP contribution in [-0.2, 0) is 19.4 Å². The second-order valence-electron chi connectivity index (χ2n) is 5.98. The van der Waals surface area contributed by atoms with Gasteiger partial charge in [-0.25, -0.2) is 8.42 Å². The average molecular weight is 433 g/mol. The van der Waals surface area contributed by atoms with Crippen molar-refractivity contribution in [3.05, 3.63) is 28.7 Å². The number of carbonyl (C=O) groups is 2. The standard InChI is InChI=1S/C16H21BrN2O5S/c17-13-3-1-4-14(10-13)24-7-2-5-15(20)18-19-16(21)9-12-6-8-25(22,23)11-12/h1,3-4,10,12H,2,5-9,11H2,(H,18,20)(H,19,21). The van der Waals surface area contributed by atoms with Gasteiger partial charge in [0, 0.05) is 17.3 Å². The molecule has 1 fully saturated rings. The van der Waals surface area contributed by atoms with Gasteiger partial charge < -0.3 is 4.74 Å². The average Bonchev–Trinajstić information content (AvgIpc) is 2.88. The summed E-state index contributed by atoms with van der Waals surface area (Å²) < 4.78 is 29.1. The van der Waals surface area contributed by atoms with Gasteiger partial charge in [0.25, 0.3) is 0 Å². The fourth-order valence-electron chi connectivity index (χ4n) is 2.53. The number of sulfone groups is 1. The molecule has 25 heavy (non-hydrogen) atoms. The summed E-state index contributed by atoms with van der Waals surface area (Å²) >= 11 is 3.35. The van der Waals surface area contributed by atoms with Gasteiger partial charge in [0.2, 0.25) is 11.8 Å². The molecule has 1 aliphatic heterocycles. The van der Waals surface area contributed by atoms with Crippen molar-refractivity contribution in [1.82, 2.24) is 10.9 Å². The Kier molecular flexibility index (Phi) is 7.24.